The minimum absolute atomic E-state index is 0.0565. The number of nitrogens with zero attached hydrogens (tertiary/aromatic N) is 14. The Labute approximate surface area is 773 Å². The first kappa shape index (κ1) is 99.0. The summed E-state index contributed by atoms with van der Waals surface area (Å²) in [5, 5.41) is 59.0. The molecule has 17 rings (SSSR count). The predicted octanol–water partition coefficient (Wildman–Crippen LogP) is 22.7. The van der Waals surface area contributed by atoms with Crippen LogP contribution < -0.4 is 33.2 Å². The van der Waals surface area contributed by atoms with Crippen LogP contribution in [0.1, 0.15) is 88.8 Å². The average Bonchev–Trinajstić information content (AvgIpc) is 1.78. The number of nitrogens with one attached hydrogen (secondary N) is 3. The number of aryl methyl sites for hydroxylation is 10. The van der Waals surface area contributed by atoms with Gasteiger partial charge in [0.2, 0.25) is 0 Å². The number of aldehydes is 1. The van der Waals surface area contributed by atoms with E-state index in [9.17, 15) is 40.6 Å². The molecule has 0 aliphatic rings. The van der Waals surface area contributed by atoms with E-state index in [1.807, 2.05) is 25.1 Å². The number of carbonyl (C=O) groups is 1. The highest BCUT2D eigenvalue weighted by Crippen LogP contribution is 2.33. The van der Waals surface area contributed by atoms with Crippen molar-refractivity contribution in [3.05, 3.63) is 355 Å². The summed E-state index contributed by atoms with van der Waals surface area (Å²) in [7, 11) is 0. The highest BCUT2D eigenvalue weighted by Gasteiger charge is 2.18. The molecule has 10 aromatic heterocycles. The molecule has 0 aliphatic heterocycles. The number of aromatic hydroxyl groups is 1. The molecule has 0 amide bonds. The van der Waals surface area contributed by atoms with Crippen molar-refractivity contribution in [2.45, 2.75) is 69.2 Å². The molecule has 0 bridgehead atoms. The Morgan fingerprint density at radius 2 is 0.731 bits per heavy atom. The van der Waals surface area contributed by atoms with Crippen LogP contribution in [0.4, 0.5) is 71.9 Å². The van der Waals surface area contributed by atoms with Crippen LogP contribution in [-0.2, 0) is 0 Å². The lowest BCUT2D eigenvalue weighted by Crippen LogP contribution is -2.16. The van der Waals surface area contributed by atoms with E-state index >= 15 is 0 Å². The molecule has 17 aromatic rings. The van der Waals surface area contributed by atoms with E-state index < -0.39 is 0 Å². The van der Waals surface area contributed by atoms with Crippen molar-refractivity contribution in [2.75, 3.05) is 21.7 Å². The molecule has 0 radical (unpaired) electrons. The van der Waals surface area contributed by atoms with Crippen LogP contribution in [0.25, 0.3) is 67.9 Å². The predicted molar refractivity (Wildman–Crippen MR) is 491 cm³/mol. The highest BCUT2D eigenvalue weighted by molar-refractivity contribution is 9.10. The zero-order valence-corrected chi connectivity index (χ0v) is 74.8. The monoisotopic (exact) mass is 1910 g/mol. The molecule has 0 saturated heterocycles. The van der Waals surface area contributed by atoms with Gasteiger partial charge < -0.3 is 75.2 Å². The molecule has 0 saturated carbocycles. The number of nitrogen functional groups attached to an aromatic ring is 1. The van der Waals surface area contributed by atoms with Crippen LogP contribution in [-0.4, -0.2) is 83.3 Å². The van der Waals surface area contributed by atoms with Crippen molar-refractivity contribution in [3.8, 4) is 85.8 Å². The molecule has 0 unspecified atom stereocenters. The number of amidine groups is 2. The summed E-state index contributed by atoms with van der Waals surface area (Å²) in [6.45, 7) is 17.3. The van der Waals surface area contributed by atoms with Crippen molar-refractivity contribution in [2.24, 2.45) is 21.8 Å². The molecule has 134 heavy (non-hydrogen) atoms. The number of nitrogens with two attached hydrogens (primary N) is 3. The van der Waals surface area contributed by atoms with E-state index in [2.05, 4.69) is 92.0 Å². The van der Waals surface area contributed by atoms with Crippen LogP contribution in [0.3, 0.4) is 0 Å². The molecule has 12 N–H and O–H groups in total. The number of benzene rings is 7. The van der Waals surface area contributed by atoms with Gasteiger partial charge >= 0.3 is 0 Å². The fourth-order valence-corrected chi connectivity index (χ4v) is 11.8. The Hall–Kier alpha value is -17.1. The number of aromatic nitrogens is 10. The SMILES string of the molecule is Cc1cc(Br)cnc1C#N.Cc1ccc(-c2cnc(Cl)o2)cc1F.Cc1ccc(-c2cnc(N)o2)cc1F.Cc1ccc(-c2cnc(Nc3cnc(/C(N)=N/O)c(C)c3)o2)cc1F.Cc1ccc(-c2cnc(Nc3cnc(/C(N)=N/O)c(O)c3)o2)cc1F.Cc1ccc(-c2cnc(Nc3cnc(C#N)c(C)c3)o2)cc1F.Cc1ccc(-c2cnco2)cc1F.Cc1ccc(C=O)cc1F. The number of nitriles is 2. The van der Waals surface area contributed by atoms with Gasteiger partial charge in [-0.2, -0.15) is 10.5 Å². The van der Waals surface area contributed by atoms with Crippen LogP contribution in [0.15, 0.2) is 261 Å². The molecule has 0 aliphatic carbocycles. The molecular formula is C95H79BrClF7N20O10. The molecule has 0 atom stereocenters. The third-order valence-electron chi connectivity index (χ3n) is 18.8. The average molecular weight is 1910 g/mol. The first-order valence-corrected chi connectivity index (χ1v) is 40.5. The summed E-state index contributed by atoms with van der Waals surface area (Å²) in [4.78, 5) is 49.6. The van der Waals surface area contributed by atoms with Crippen molar-refractivity contribution in [1.82, 2.24) is 49.8 Å². The summed E-state index contributed by atoms with van der Waals surface area (Å²) in [6.07, 6.45) is 16.9. The lowest BCUT2D eigenvalue weighted by molar-refractivity contribution is 0.112. The quantitative estimate of drug-likeness (QED) is 0.0115. The van der Waals surface area contributed by atoms with Gasteiger partial charge in [0, 0.05) is 55.7 Å². The van der Waals surface area contributed by atoms with Crippen LogP contribution >= 0.6 is 27.5 Å². The molecular weight excluding hydrogens is 1830 g/mol. The number of oxime groups is 2. The zero-order valence-electron chi connectivity index (χ0n) is 72.5. The molecule has 10 heterocycles. The minimum atomic E-state index is -0.337. The van der Waals surface area contributed by atoms with E-state index in [0.717, 1.165) is 15.6 Å². The lowest BCUT2D eigenvalue weighted by Gasteiger charge is -2.06. The number of pyridine rings is 4. The number of rotatable bonds is 15. The number of halogens is 9. The normalized spacial score (nSPS) is 10.6. The van der Waals surface area contributed by atoms with E-state index in [-0.39, 0.29) is 93.2 Å². The zero-order chi connectivity index (χ0) is 97.0. The number of hydrogen-bond acceptors (Lipinski definition) is 28. The highest BCUT2D eigenvalue weighted by atomic mass is 79.9. The minimum Gasteiger partial charge on any atom is -0.505 e. The second-order valence-corrected chi connectivity index (χ2v) is 29.9. The maximum absolute atomic E-state index is 13.7. The standard InChI is InChI=1S/C17H16FN5O2.C17H13FN4O.C16H14FN5O3.C10H7ClFNO.C10H9FN2O.C10H8FNO.C8H7FO.C7H5BrN2/c1-9-3-4-11(6-13(9)18)14-8-21-17(25-14)22-12-5-10(2)15(20-7-12)16(19)23-24;1-10-3-4-12(6-14(10)18)16-9-21-17(23-16)22-13-5-11(2)15(7-19)20-8-13;1-8-2-3-9(4-11(8)17)13-7-20-16(25-13)21-10-5-12(23)14(19-6-10)15(18)22-24;1-6-2-3-7(4-8(6)12)9-5-13-10(11)14-9;1-6-2-3-7(4-8(6)11)9-5-13-10(12)14-9;1-7-2-3-8(4-9(7)11)10-5-12-6-13-10;1-6-2-3-7(5-10)4-8(6)9;1-5-2-6(8)4-10-7(5)3-9/h3-8,24H,1-2H3,(H2,19,23)(H,21,22);3-6,8-9H,1-2H3,(H,21,22);2-7,23-24H,1H3,(H2,18,22)(H,20,21);2-5H,1H3;2-5H,1H3,(H2,12,13);2-6H,1H3;2-5H,1H3;2,4H,1H3. The van der Waals surface area contributed by atoms with Gasteiger partial charge in [0.25, 0.3) is 29.4 Å². The van der Waals surface area contributed by atoms with Crippen LogP contribution in [0.2, 0.25) is 5.35 Å². The number of oxazole rings is 6. The molecule has 0 spiro atoms. The van der Waals surface area contributed by atoms with Gasteiger partial charge in [-0.1, -0.05) is 95.2 Å². The molecule has 7 aromatic carbocycles. The smallest absolute Gasteiger partial charge is 0.299 e. The summed E-state index contributed by atoms with van der Waals surface area (Å²) < 4.78 is 126. The first-order chi connectivity index (χ1) is 64.1. The van der Waals surface area contributed by atoms with Gasteiger partial charge in [0.15, 0.2) is 58.3 Å². The first-order valence-electron chi connectivity index (χ1n) is 39.3. The fourth-order valence-electron chi connectivity index (χ4n) is 11.2. The van der Waals surface area contributed by atoms with Gasteiger partial charge in [-0.15, -0.1) is 0 Å². The molecule has 39 heteroatoms. The van der Waals surface area contributed by atoms with Gasteiger partial charge in [-0.05, 0) is 213 Å². The van der Waals surface area contributed by atoms with Gasteiger partial charge in [0.1, 0.15) is 82.0 Å². The third kappa shape index (κ3) is 27.7. The van der Waals surface area contributed by atoms with Crippen molar-refractivity contribution in [1.29, 1.82) is 10.5 Å². The number of anilines is 7. The van der Waals surface area contributed by atoms with E-state index in [1.54, 1.807) is 172 Å². The molecule has 30 nitrogen and oxygen atoms in total. The Bertz CT molecular complexity index is 6890. The topological polar surface area (TPSA) is 472 Å². The Balaban J connectivity index is 0.000000162. The van der Waals surface area contributed by atoms with Crippen molar-refractivity contribution < 1.29 is 77.6 Å². The Morgan fingerprint density at radius 1 is 0.396 bits per heavy atom. The fraction of sp³-hybridized carbons (Fsp3) is 0.105. The molecule has 682 valence electrons. The second kappa shape index (κ2) is 46.7. The van der Waals surface area contributed by atoms with Crippen molar-refractivity contribution in [3.63, 3.8) is 0 Å². The second-order valence-electron chi connectivity index (χ2n) is 28.7. The maximum Gasteiger partial charge on any atom is 0.299 e. The molecule has 0 fully saturated rings. The van der Waals surface area contributed by atoms with Gasteiger partial charge in [-0.3, -0.25) is 9.78 Å². The van der Waals surface area contributed by atoms with Gasteiger partial charge in [-0.25, -0.2) is 75.6 Å². The summed E-state index contributed by atoms with van der Waals surface area (Å²) in [5.74, 6) is 0.120. The summed E-state index contributed by atoms with van der Waals surface area (Å²) in [5.41, 5.74) is 29.6. The van der Waals surface area contributed by atoms with E-state index in [1.165, 1.54) is 104 Å². The third-order valence-corrected chi connectivity index (χ3v) is 19.4. The Morgan fingerprint density at radius 3 is 1.06 bits per heavy atom. The number of carbonyl (C=O) groups excluding carboxylic acids is 1. The lowest BCUT2D eigenvalue weighted by atomic mass is 10.1. The number of hydrogen-bond donors (Lipinski definition) is 9. The van der Waals surface area contributed by atoms with Crippen LogP contribution in [0, 0.1) is 133 Å². The van der Waals surface area contributed by atoms with E-state index in [4.69, 9.17) is 76.2 Å². The summed E-state index contributed by atoms with van der Waals surface area (Å²) in [6, 6.07) is 44.9. The maximum atomic E-state index is 13.7. The van der Waals surface area contributed by atoms with E-state index in [0.29, 0.717) is 158 Å². The van der Waals surface area contributed by atoms with Gasteiger partial charge in [0.05, 0.1) is 72.8 Å². The summed E-state index contributed by atoms with van der Waals surface area (Å²) >= 11 is 8.76. The Kier molecular flexibility index (Phi) is 34.5. The van der Waals surface area contributed by atoms with Crippen molar-refractivity contribution >= 4 is 86.6 Å². The largest absolute Gasteiger partial charge is 0.505 e. The van der Waals surface area contributed by atoms with Crippen LogP contribution in [0.5, 0.6) is 5.75 Å².